The number of nitrogens with zero attached hydrogens (tertiary/aromatic N) is 1. The molecule has 0 amide bonds. The quantitative estimate of drug-likeness (QED) is 0.305. The molecule has 0 aromatic heterocycles. The molecule has 9 heteroatoms. The van der Waals surface area contributed by atoms with Crippen molar-refractivity contribution >= 4 is 17.6 Å². The number of halogens is 5. The van der Waals surface area contributed by atoms with Crippen molar-refractivity contribution in [2.45, 2.75) is 27.1 Å². The lowest BCUT2D eigenvalue weighted by molar-refractivity contribution is -0.147. The summed E-state index contributed by atoms with van der Waals surface area (Å²) in [5.74, 6) is -8.41. The SMILES string of the molecule is COCc1c(F)c(F)c(COC(=O)[C@@H]2[C@@H](C=C(Cl)C#N)C2(C)C)c(F)c1F. The van der Waals surface area contributed by atoms with E-state index >= 15 is 0 Å². The maximum Gasteiger partial charge on any atom is 0.310 e. The normalized spacial score (nSPS) is 20.9. The lowest BCUT2D eigenvalue weighted by Gasteiger charge is -2.12. The van der Waals surface area contributed by atoms with Crippen LogP contribution in [-0.4, -0.2) is 13.1 Å². The molecule has 0 saturated heterocycles. The summed E-state index contributed by atoms with van der Waals surface area (Å²) in [5.41, 5.74) is -2.50. The molecule has 146 valence electrons. The van der Waals surface area contributed by atoms with Gasteiger partial charge < -0.3 is 9.47 Å². The van der Waals surface area contributed by atoms with Gasteiger partial charge in [0.15, 0.2) is 23.3 Å². The van der Waals surface area contributed by atoms with Crippen molar-refractivity contribution < 1.29 is 31.8 Å². The zero-order valence-corrected chi connectivity index (χ0v) is 15.5. The minimum atomic E-state index is -1.65. The molecule has 1 aromatic carbocycles. The molecule has 0 spiro atoms. The van der Waals surface area contributed by atoms with Crippen LogP contribution in [0.1, 0.15) is 25.0 Å². The van der Waals surface area contributed by atoms with Crippen molar-refractivity contribution in [3.8, 4) is 6.07 Å². The molecule has 1 fully saturated rings. The van der Waals surface area contributed by atoms with Crippen LogP contribution in [0.2, 0.25) is 0 Å². The maximum absolute atomic E-state index is 14.0. The Morgan fingerprint density at radius 1 is 1.15 bits per heavy atom. The number of nitriles is 1. The number of carbonyl (C=O) groups excluding carboxylic acids is 1. The summed E-state index contributed by atoms with van der Waals surface area (Å²) in [5, 5.41) is 8.60. The predicted molar refractivity (Wildman–Crippen MR) is 87.1 cm³/mol. The Kier molecular flexibility index (Phi) is 6.17. The number of hydrogen-bond donors (Lipinski definition) is 0. The standard InChI is InChI=1S/C18H16ClF4NO3/c1-18(2)11(4-8(19)5-24)12(18)17(25)27-7-10-15(22)13(20)9(6-26-3)14(21)16(10)23/h4,11-12H,6-7H2,1-3H3/t11-,12+/m1/s1. The molecular weight excluding hydrogens is 390 g/mol. The number of rotatable bonds is 6. The predicted octanol–water partition coefficient (Wildman–Crippen LogP) is 4.35. The first-order valence-corrected chi connectivity index (χ1v) is 8.22. The molecule has 0 N–H and O–H groups in total. The van der Waals surface area contributed by atoms with Crippen molar-refractivity contribution in [1.82, 2.24) is 0 Å². The van der Waals surface area contributed by atoms with Gasteiger partial charge >= 0.3 is 5.97 Å². The highest BCUT2D eigenvalue weighted by atomic mass is 35.5. The van der Waals surface area contributed by atoms with Crippen LogP contribution in [0.4, 0.5) is 17.6 Å². The lowest BCUT2D eigenvalue weighted by Crippen LogP contribution is -2.15. The van der Waals surface area contributed by atoms with Crippen LogP contribution < -0.4 is 0 Å². The van der Waals surface area contributed by atoms with Crippen LogP contribution in [0, 0.1) is 51.9 Å². The molecule has 1 aliphatic carbocycles. The maximum atomic E-state index is 14.0. The molecule has 0 bridgehead atoms. The summed E-state index contributed by atoms with van der Waals surface area (Å²) in [7, 11) is 1.12. The van der Waals surface area contributed by atoms with Crippen molar-refractivity contribution in [1.29, 1.82) is 5.26 Å². The van der Waals surface area contributed by atoms with Crippen molar-refractivity contribution in [3.63, 3.8) is 0 Å². The highest BCUT2D eigenvalue weighted by Crippen LogP contribution is 2.60. The van der Waals surface area contributed by atoms with Crippen LogP contribution in [0.15, 0.2) is 11.1 Å². The molecule has 0 radical (unpaired) electrons. The van der Waals surface area contributed by atoms with Gasteiger partial charge in [0, 0.05) is 7.11 Å². The van der Waals surface area contributed by atoms with Crippen molar-refractivity contribution in [2.75, 3.05) is 7.11 Å². The van der Waals surface area contributed by atoms with Crippen LogP contribution in [0.5, 0.6) is 0 Å². The molecule has 4 nitrogen and oxygen atoms in total. The van der Waals surface area contributed by atoms with Gasteiger partial charge in [0.25, 0.3) is 0 Å². The van der Waals surface area contributed by atoms with Gasteiger partial charge in [0.05, 0.1) is 23.7 Å². The van der Waals surface area contributed by atoms with Crippen LogP contribution in [-0.2, 0) is 27.5 Å². The summed E-state index contributed by atoms with van der Waals surface area (Å²) in [6.07, 6.45) is 1.40. The monoisotopic (exact) mass is 405 g/mol. The van der Waals surface area contributed by atoms with E-state index in [4.69, 9.17) is 21.6 Å². The number of esters is 1. The highest BCUT2D eigenvalue weighted by Gasteiger charge is 2.61. The number of benzene rings is 1. The largest absolute Gasteiger partial charge is 0.460 e. The van der Waals surface area contributed by atoms with E-state index < -0.39 is 70.8 Å². The molecular formula is C18H16ClF4NO3. The first-order chi connectivity index (χ1) is 12.6. The first-order valence-electron chi connectivity index (χ1n) is 7.84. The minimum Gasteiger partial charge on any atom is -0.460 e. The smallest absolute Gasteiger partial charge is 0.310 e. The molecule has 27 heavy (non-hydrogen) atoms. The average molecular weight is 406 g/mol. The molecule has 0 heterocycles. The lowest BCUT2D eigenvalue weighted by atomic mass is 10.1. The number of carbonyl (C=O) groups is 1. The molecule has 1 aromatic rings. The number of ether oxygens (including phenoxy) is 2. The molecule has 2 rings (SSSR count). The second-order valence-corrected chi connectivity index (χ2v) is 7.11. The minimum absolute atomic E-state index is 0.0988. The zero-order chi connectivity index (χ0) is 20.5. The van der Waals surface area contributed by atoms with E-state index in [1.165, 1.54) is 6.08 Å². The topological polar surface area (TPSA) is 59.3 Å². The van der Waals surface area contributed by atoms with Crippen LogP contribution in [0.25, 0.3) is 0 Å². The summed E-state index contributed by atoms with van der Waals surface area (Å²) < 4.78 is 65.3. The Morgan fingerprint density at radius 3 is 2.07 bits per heavy atom. The van der Waals surface area contributed by atoms with Gasteiger partial charge in [0.1, 0.15) is 17.7 Å². The van der Waals surface area contributed by atoms with E-state index in [2.05, 4.69) is 4.74 Å². The van der Waals surface area contributed by atoms with Crippen molar-refractivity contribution in [2.24, 2.45) is 17.3 Å². The fraction of sp³-hybridized carbons (Fsp3) is 0.444. The number of hydrogen-bond acceptors (Lipinski definition) is 4. The molecule has 0 aliphatic heterocycles. The van der Waals surface area contributed by atoms with E-state index in [1.54, 1.807) is 19.9 Å². The van der Waals surface area contributed by atoms with Crippen LogP contribution >= 0.6 is 11.6 Å². The summed E-state index contributed by atoms with van der Waals surface area (Å²) >= 11 is 5.64. The van der Waals surface area contributed by atoms with E-state index in [0.717, 1.165) is 7.11 Å². The second-order valence-electron chi connectivity index (χ2n) is 6.70. The van der Waals surface area contributed by atoms with Gasteiger partial charge in [-0.25, -0.2) is 17.6 Å². The third-order valence-electron chi connectivity index (χ3n) is 4.69. The molecule has 1 saturated carbocycles. The van der Waals surface area contributed by atoms with Gasteiger partial charge in [0.2, 0.25) is 0 Å². The highest BCUT2D eigenvalue weighted by molar-refractivity contribution is 6.31. The summed E-state index contributed by atoms with van der Waals surface area (Å²) in [6, 6.07) is 1.72. The fourth-order valence-electron chi connectivity index (χ4n) is 2.99. The molecule has 2 atom stereocenters. The fourth-order valence-corrected chi connectivity index (χ4v) is 3.12. The van der Waals surface area contributed by atoms with Gasteiger partial charge in [-0.2, -0.15) is 5.26 Å². The molecule has 1 aliphatic rings. The Bertz CT molecular complexity index is 819. The number of allylic oxidation sites excluding steroid dienone is 2. The Balaban J connectivity index is 2.18. The van der Waals surface area contributed by atoms with Crippen molar-refractivity contribution in [3.05, 3.63) is 45.5 Å². The van der Waals surface area contributed by atoms with E-state index in [9.17, 15) is 22.4 Å². The van der Waals surface area contributed by atoms with Gasteiger partial charge in [-0.05, 0) is 11.3 Å². The van der Waals surface area contributed by atoms with E-state index in [0.29, 0.717) is 0 Å². The number of methoxy groups -OCH3 is 1. The summed E-state index contributed by atoms with van der Waals surface area (Å²) in [6.45, 7) is 1.81. The molecule has 0 unspecified atom stereocenters. The Morgan fingerprint density at radius 2 is 1.63 bits per heavy atom. The third kappa shape index (κ3) is 3.94. The Hall–Kier alpha value is -2.11. The van der Waals surface area contributed by atoms with Gasteiger partial charge in [-0.15, -0.1) is 0 Å². The summed E-state index contributed by atoms with van der Waals surface area (Å²) in [4.78, 5) is 12.2. The van der Waals surface area contributed by atoms with Gasteiger partial charge in [-0.3, -0.25) is 4.79 Å². The average Bonchev–Trinajstić information content (AvgIpc) is 3.16. The van der Waals surface area contributed by atoms with E-state index in [-0.39, 0.29) is 5.03 Å². The van der Waals surface area contributed by atoms with E-state index in [1.807, 2.05) is 0 Å². The second kappa shape index (κ2) is 7.87. The third-order valence-corrected chi connectivity index (χ3v) is 4.90. The van der Waals surface area contributed by atoms with Gasteiger partial charge in [-0.1, -0.05) is 31.5 Å². The van der Waals surface area contributed by atoms with Crippen LogP contribution in [0.3, 0.4) is 0 Å². The Labute approximate surface area is 158 Å². The first kappa shape index (κ1) is 21.2. The zero-order valence-electron chi connectivity index (χ0n) is 14.7.